The quantitative estimate of drug-likeness (QED) is 0.202. The smallest absolute Gasteiger partial charge is 0.321 e. The van der Waals surface area contributed by atoms with Gasteiger partial charge in [0.25, 0.3) is 0 Å². The molecule has 0 radical (unpaired) electrons. The molecule has 0 fully saturated rings. The van der Waals surface area contributed by atoms with Gasteiger partial charge in [0.05, 0.1) is 0 Å². The van der Waals surface area contributed by atoms with Crippen LogP contribution in [0.4, 0.5) is 0 Å². The molecule has 0 aromatic rings. The summed E-state index contributed by atoms with van der Waals surface area (Å²) in [6, 6.07) is 0. The highest BCUT2D eigenvalue weighted by Crippen LogP contribution is 2.61. The van der Waals surface area contributed by atoms with E-state index in [1.54, 1.807) is 0 Å². The fourth-order valence-corrected chi connectivity index (χ4v) is 5.02. The van der Waals surface area contributed by atoms with Gasteiger partial charge in [-0.3, -0.25) is 14.0 Å². The third-order valence-electron chi connectivity index (χ3n) is 4.03. The van der Waals surface area contributed by atoms with Crippen LogP contribution in [-0.4, -0.2) is 44.0 Å². The summed E-state index contributed by atoms with van der Waals surface area (Å²) < 4.78 is 27.5. The third kappa shape index (κ3) is 9.07. The molecule has 10 heteroatoms. The van der Waals surface area contributed by atoms with Crippen LogP contribution in [0.15, 0.2) is 0 Å². The molecule has 146 valence electrons. The first kappa shape index (κ1) is 24.2. The lowest BCUT2D eigenvalue weighted by Gasteiger charge is -2.39. The van der Waals surface area contributed by atoms with Gasteiger partial charge in [0, 0.05) is 6.42 Å². The Morgan fingerprint density at radius 3 is 1.58 bits per heavy atom. The van der Waals surface area contributed by atoms with Crippen molar-refractivity contribution in [2.45, 2.75) is 76.6 Å². The van der Waals surface area contributed by atoms with Crippen LogP contribution in [0.1, 0.15) is 71.1 Å². The van der Waals surface area contributed by atoms with E-state index >= 15 is 0 Å². The molecule has 4 N–H and O–H groups in total. The highest BCUT2D eigenvalue weighted by atomic mass is 31.2. The van der Waals surface area contributed by atoms with E-state index in [0.29, 0.717) is 6.42 Å². The first-order valence-corrected chi connectivity index (χ1v) is 11.6. The lowest BCUT2D eigenvalue weighted by molar-refractivity contribution is -0.0328. The number of unbranched alkanes of at least 4 members (excludes halogenated alkanes) is 8. The Morgan fingerprint density at radius 1 is 0.833 bits per heavy atom. The van der Waals surface area contributed by atoms with E-state index in [4.69, 9.17) is 9.79 Å². The Kier molecular flexibility index (Phi) is 11.1. The van der Waals surface area contributed by atoms with Crippen molar-refractivity contribution in [3.05, 3.63) is 0 Å². The molecule has 8 nitrogen and oxygen atoms in total. The van der Waals surface area contributed by atoms with Crippen LogP contribution in [0, 0.1) is 0 Å². The lowest BCUT2D eigenvalue weighted by atomic mass is 10.1. The van der Waals surface area contributed by atoms with Gasteiger partial charge < -0.3 is 19.6 Å². The molecule has 0 rings (SSSR count). The second-order valence-corrected chi connectivity index (χ2v) is 9.29. The van der Waals surface area contributed by atoms with E-state index < -0.39 is 20.9 Å². The van der Waals surface area contributed by atoms with Crippen molar-refractivity contribution in [3.63, 3.8) is 0 Å². The molecule has 1 unspecified atom stereocenters. The Hall–Kier alpha value is 0.220. The van der Waals surface area contributed by atoms with Crippen molar-refractivity contribution in [3.8, 4) is 0 Å². The highest BCUT2D eigenvalue weighted by Gasteiger charge is 2.53. The number of hydrogen-bond acceptors (Lipinski definition) is 4. The lowest BCUT2D eigenvalue weighted by Crippen LogP contribution is -2.45. The van der Waals surface area contributed by atoms with E-state index in [1.807, 2.05) is 0 Å². The van der Waals surface area contributed by atoms with Gasteiger partial charge in [-0.15, -0.1) is 0 Å². The van der Waals surface area contributed by atoms with Crippen LogP contribution >= 0.6 is 15.4 Å². The first-order chi connectivity index (χ1) is 11.0. The van der Waals surface area contributed by atoms with Gasteiger partial charge in [-0.1, -0.05) is 58.3 Å². The summed E-state index contributed by atoms with van der Waals surface area (Å²) in [5.74, 6) is 0. The molecule has 0 saturated heterocycles. The predicted molar refractivity (Wildman–Crippen MR) is 93.4 cm³/mol. The molecule has 0 aliphatic heterocycles. The van der Waals surface area contributed by atoms with Gasteiger partial charge in [-0.25, -0.2) is 4.57 Å². The SMILES string of the molecule is CCCCCCCCCCCC(OP(=O)(O)O)(N(C)C)P(=O)(O)O. The molecular formula is C14H33NO7P2. The Balaban J connectivity index is 4.49. The van der Waals surface area contributed by atoms with E-state index in [1.165, 1.54) is 39.8 Å². The maximum Gasteiger partial charge on any atom is 0.471 e. The monoisotopic (exact) mass is 389 g/mol. The van der Waals surface area contributed by atoms with Crippen molar-refractivity contribution in [1.29, 1.82) is 0 Å². The summed E-state index contributed by atoms with van der Waals surface area (Å²) in [5.41, 5.74) is -2.30. The molecular weight excluding hydrogens is 356 g/mol. The predicted octanol–water partition coefficient (Wildman–Crippen LogP) is 3.41. The molecule has 0 bridgehead atoms. The van der Waals surface area contributed by atoms with E-state index in [0.717, 1.165) is 30.6 Å². The van der Waals surface area contributed by atoms with Gasteiger partial charge in [0.15, 0.2) is 0 Å². The van der Waals surface area contributed by atoms with Gasteiger partial charge in [0.2, 0.25) is 5.47 Å². The molecule has 0 saturated carbocycles. The van der Waals surface area contributed by atoms with Gasteiger partial charge in [-0.2, -0.15) is 0 Å². The topological polar surface area (TPSA) is 128 Å². The van der Waals surface area contributed by atoms with Crippen LogP contribution in [0.25, 0.3) is 0 Å². The normalized spacial score (nSPS) is 15.7. The van der Waals surface area contributed by atoms with Crippen LogP contribution in [0.2, 0.25) is 0 Å². The minimum absolute atomic E-state index is 0.148. The summed E-state index contributed by atoms with van der Waals surface area (Å²) in [7, 11) is -7.30. The van der Waals surface area contributed by atoms with Crippen LogP contribution < -0.4 is 0 Å². The Bertz CT molecular complexity index is 435. The van der Waals surface area contributed by atoms with Crippen molar-refractivity contribution in [1.82, 2.24) is 4.90 Å². The van der Waals surface area contributed by atoms with Crippen molar-refractivity contribution < 1.29 is 33.2 Å². The fourth-order valence-electron chi connectivity index (χ4n) is 2.67. The molecule has 0 aliphatic carbocycles. The zero-order valence-corrected chi connectivity index (χ0v) is 16.7. The molecule has 0 aromatic heterocycles. The van der Waals surface area contributed by atoms with Crippen molar-refractivity contribution in [2.75, 3.05) is 14.1 Å². The second-order valence-electron chi connectivity index (χ2n) is 6.34. The van der Waals surface area contributed by atoms with Crippen LogP contribution in [0.3, 0.4) is 0 Å². The standard InChI is InChI=1S/C14H33NO7P2/c1-4-5-6-7-8-9-10-11-12-13-14(15(2)3,23(16,17)18)22-24(19,20)21/h4-13H2,1-3H3,(H2,16,17,18)(H2,19,20,21). The van der Waals surface area contributed by atoms with E-state index in [9.17, 15) is 18.9 Å². The van der Waals surface area contributed by atoms with Crippen LogP contribution in [0.5, 0.6) is 0 Å². The average Bonchev–Trinajstić information content (AvgIpc) is 2.41. The summed E-state index contributed by atoms with van der Waals surface area (Å²) in [6.45, 7) is 2.16. The maximum atomic E-state index is 11.8. The molecule has 1 atom stereocenters. The minimum Gasteiger partial charge on any atom is -0.321 e. The van der Waals surface area contributed by atoms with E-state index in [2.05, 4.69) is 11.4 Å². The zero-order valence-electron chi connectivity index (χ0n) is 14.9. The molecule has 0 amide bonds. The van der Waals surface area contributed by atoms with Crippen molar-refractivity contribution in [2.24, 2.45) is 0 Å². The Labute approximate surface area is 145 Å². The van der Waals surface area contributed by atoms with Gasteiger partial charge in [-0.05, 0) is 20.5 Å². The molecule has 24 heavy (non-hydrogen) atoms. The molecule has 0 heterocycles. The molecule has 0 aliphatic rings. The third-order valence-corrected chi connectivity index (χ3v) is 6.33. The highest BCUT2D eigenvalue weighted by molar-refractivity contribution is 7.54. The summed E-state index contributed by atoms with van der Waals surface area (Å²) in [4.78, 5) is 38.3. The van der Waals surface area contributed by atoms with Gasteiger partial charge in [0.1, 0.15) is 0 Å². The second kappa shape index (κ2) is 11.0. The van der Waals surface area contributed by atoms with Crippen LogP contribution in [-0.2, 0) is 13.7 Å². The van der Waals surface area contributed by atoms with E-state index in [-0.39, 0.29) is 6.42 Å². The largest absolute Gasteiger partial charge is 0.471 e. The Morgan fingerprint density at radius 2 is 1.25 bits per heavy atom. The number of nitrogens with zero attached hydrogens (tertiary/aromatic N) is 1. The average molecular weight is 389 g/mol. The fraction of sp³-hybridized carbons (Fsp3) is 1.00. The molecule has 0 aromatic carbocycles. The summed E-state index contributed by atoms with van der Waals surface area (Å²) >= 11 is 0. The number of phosphoric acid groups is 1. The first-order valence-electron chi connectivity index (χ1n) is 8.45. The zero-order chi connectivity index (χ0) is 18.9. The number of hydrogen-bond donors (Lipinski definition) is 4. The minimum atomic E-state index is -5.05. The maximum absolute atomic E-state index is 11.8. The van der Waals surface area contributed by atoms with Crippen molar-refractivity contribution >= 4 is 15.4 Å². The van der Waals surface area contributed by atoms with Gasteiger partial charge >= 0.3 is 15.4 Å². The molecule has 0 spiro atoms. The summed E-state index contributed by atoms with van der Waals surface area (Å²) in [6.07, 6.45) is 8.98. The number of rotatable bonds is 14. The summed E-state index contributed by atoms with van der Waals surface area (Å²) in [5, 5.41) is 0. The number of phosphoric ester groups is 1.